The molecule has 3 nitrogen and oxygen atoms in total. The molecule has 1 aromatic carbocycles. The Balaban J connectivity index is 2.94. The average molecular weight is 238 g/mol. The first-order valence-electron chi connectivity index (χ1n) is 5.45. The van der Waals surface area contributed by atoms with Crippen LogP contribution in [0.3, 0.4) is 0 Å². The topological polar surface area (TPSA) is 49.5 Å². The molecule has 4 heteroatoms. The van der Waals surface area contributed by atoms with Gasteiger partial charge in [0, 0.05) is 30.9 Å². The number of nitrogens with zero attached hydrogens (tertiary/aromatic N) is 1. The van der Waals surface area contributed by atoms with E-state index in [1.54, 1.807) is 0 Å². The maximum atomic E-state index is 8.86. The van der Waals surface area contributed by atoms with Crippen molar-refractivity contribution in [2.75, 3.05) is 24.6 Å². The SMILES string of the molecule is CCN(CCCO)c1ccccc1C(N)=S. The molecule has 0 atom stereocenters. The fourth-order valence-electron chi connectivity index (χ4n) is 1.67. The monoisotopic (exact) mass is 238 g/mol. The number of thiocarbonyl (C=S) groups is 1. The summed E-state index contributed by atoms with van der Waals surface area (Å²) in [5.74, 6) is 0. The van der Waals surface area contributed by atoms with E-state index in [1.165, 1.54) is 0 Å². The van der Waals surface area contributed by atoms with Crippen LogP contribution in [0.15, 0.2) is 24.3 Å². The Bertz CT molecular complexity index is 355. The molecule has 0 aliphatic carbocycles. The lowest BCUT2D eigenvalue weighted by Crippen LogP contribution is -2.27. The van der Waals surface area contributed by atoms with E-state index in [0.29, 0.717) is 4.99 Å². The zero-order valence-corrected chi connectivity index (χ0v) is 10.3. The Morgan fingerprint density at radius 3 is 2.69 bits per heavy atom. The molecule has 0 bridgehead atoms. The number of anilines is 1. The van der Waals surface area contributed by atoms with E-state index in [-0.39, 0.29) is 6.61 Å². The highest BCUT2D eigenvalue weighted by molar-refractivity contribution is 7.80. The zero-order chi connectivity index (χ0) is 12.0. The smallest absolute Gasteiger partial charge is 0.106 e. The standard InChI is InChI=1S/C12H18N2OS/c1-2-14(8-5-9-15)11-7-4-3-6-10(11)12(13)16/h3-4,6-7,15H,2,5,8-9H2,1H3,(H2,13,16). The number of rotatable bonds is 6. The lowest BCUT2D eigenvalue weighted by Gasteiger charge is -2.25. The molecule has 0 unspecified atom stereocenters. The van der Waals surface area contributed by atoms with E-state index in [0.717, 1.165) is 30.8 Å². The molecule has 0 amide bonds. The van der Waals surface area contributed by atoms with Gasteiger partial charge in [-0.2, -0.15) is 0 Å². The van der Waals surface area contributed by atoms with Crippen LogP contribution in [0.2, 0.25) is 0 Å². The number of aliphatic hydroxyl groups is 1. The van der Waals surface area contributed by atoms with Crippen molar-refractivity contribution in [3.63, 3.8) is 0 Å². The van der Waals surface area contributed by atoms with Crippen molar-refractivity contribution in [3.8, 4) is 0 Å². The lowest BCUT2D eigenvalue weighted by atomic mass is 10.1. The molecule has 0 radical (unpaired) electrons. The number of hydrogen-bond acceptors (Lipinski definition) is 3. The van der Waals surface area contributed by atoms with Crippen LogP contribution in [0.4, 0.5) is 5.69 Å². The van der Waals surface area contributed by atoms with E-state index in [4.69, 9.17) is 23.1 Å². The molecule has 0 saturated heterocycles. The van der Waals surface area contributed by atoms with Gasteiger partial charge in [0.1, 0.15) is 4.99 Å². The third-order valence-electron chi connectivity index (χ3n) is 2.48. The molecule has 0 fully saturated rings. The van der Waals surface area contributed by atoms with Gasteiger partial charge < -0.3 is 15.7 Å². The highest BCUT2D eigenvalue weighted by Gasteiger charge is 2.10. The Morgan fingerprint density at radius 2 is 2.12 bits per heavy atom. The van der Waals surface area contributed by atoms with E-state index >= 15 is 0 Å². The van der Waals surface area contributed by atoms with Gasteiger partial charge in [-0.25, -0.2) is 0 Å². The van der Waals surface area contributed by atoms with Crippen LogP contribution in [0.1, 0.15) is 18.9 Å². The van der Waals surface area contributed by atoms with Gasteiger partial charge in [-0.15, -0.1) is 0 Å². The molecule has 88 valence electrons. The summed E-state index contributed by atoms with van der Waals surface area (Å²) in [6.45, 7) is 3.96. The molecule has 0 spiro atoms. The Kier molecular flexibility index (Phi) is 5.22. The van der Waals surface area contributed by atoms with E-state index in [1.807, 2.05) is 24.3 Å². The summed E-state index contributed by atoms with van der Waals surface area (Å²) < 4.78 is 0. The highest BCUT2D eigenvalue weighted by atomic mass is 32.1. The zero-order valence-electron chi connectivity index (χ0n) is 9.52. The summed E-state index contributed by atoms with van der Waals surface area (Å²) in [6.07, 6.45) is 0.750. The maximum absolute atomic E-state index is 8.86. The van der Waals surface area contributed by atoms with Crippen molar-refractivity contribution < 1.29 is 5.11 Å². The minimum atomic E-state index is 0.200. The minimum Gasteiger partial charge on any atom is -0.396 e. The summed E-state index contributed by atoms with van der Waals surface area (Å²) in [5, 5.41) is 8.86. The molecular formula is C12H18N2OS. The third-order valence-corrected chi connectivity index (χ3v) is 2.70. The van der Waals surface area contributed by atoms with Crippen molar-refractivity contribution >= 4 is 22.9 Å². The predicted molar refractivity (Wildman–Crippen MR) is 71.9 cm³/mol. The fourth-order valence-corrected chi connectivity index (χ4v) is 1.84. The van der Waals surface area contributed by atoms with Crippen LogP contribution in [0.25, 0.3) is 0 Å². The normalized spacial score (nSPS) is 10.1. The minimum absolute atomic E-state index is 0.200. The third kappa shape index (κ3) is 3.18. The number of para-hydroxylation sites is 1. The van der Waals surface area contributed by atoms with Crippen LogP contribution in [-0.4, -0.2) is 29.8 Å². The molecule has 16 heavy (non-hydrogen) atoms. The van der Waals surface area contributed by atoms with E-state index in [9.17, 15) is 0 Å². The Morgan fingerprint density at radius 1 is 1.44 bits per heavy atom. The molecule has 3 N–H and O–H groups in total. The number of aliphatic hydroxyl groups excluding tert-OH is 1. The molecule has 0 heterocycles. The average Bonchev–Trinajstić information content (AvgIpc) is 2.30. The first-order chi connectivity index (χ1) is 7.70. The van der Waals surface area contributed by atoms with Crippen LogP contribution in [-0.2, 0) is 0 Å². The number of hydrogen-bond donors (Lipinski definition) is 2. The van der Waals surface area contributed by atoms with Gasteiger partial charge in [0.05, 0.1) is 0 Å². The summed E-state index contributed by atoms with van der Waals surface area (Å²) in [6, 6.07) is 7.84. The Labute approximate surface area is 102 Å². The van der Waals surface area contributed by atoms with Gasteiger partial charge in [0.25, 0.3) is 0 Å². The second kappa shape index (κ2) is 6.45. The maximum Gasteiger partial charge on any atom is 0.106 e. The van der Waals surface area contributed by atoms with Crippen LogP contribution in [0.5, 0.6) is 0 Å². The van der Waals surface area contributed by atoms with Crippen molar-refractivity contribution in [1.29, 1.82) is 0 Å². The summed E-state index contributed by atoms with van der Waals surface area (Å²) in [4.78, 5) is 2.59. The summed E-state index contributed by atoms with van der Waals surface area (Å²) in [5.41, 5.74) is 7.64. The quantitative estimate of drug-likeness (QED) is 0.738. The van der Waals surface area contributed by atoms with Crippen molar-refractivity contribution in [1.82, 2.24) is 0 Å². The predicted octanol–water partition coefficient (Wildman–Crippen LogP) is 1.53. The van der Waals surface area contributed by atoms with Gasteiger partial charge in [-0.05, 0) is 25.5 Å². The van der Waals surface area contributed by atoms with Crippen molar-refractivity contribution in [3.05, 3.63) is 29.8 Å². The van der Waals surface area contributed by atoms with Gasteiger partial charge in [0.2, 0.25) is 0 Å². The molecule has 1 aromatic rings. The number of nitrogens with two attached hydrogens (primary N) is 1. The van der Waals surface area contributed by atoms with Crippen LogP contribution >= 0.6 is 12.2 Å². The first kappa shape index (κ1) is 12.9. The van der Waals surface area contributed by atoms with Gasteiger partial charge in [0.15, 0.2) is 0 Å². The number of benzene rings is 1. The van der Waals surface area contributed by atoms with E-state index < -0.39 is 0 Å². The second-order valence-electron chi connectivity index (χ2n) is 3.54. The van der Waals surface area contributed by atoms with Crippen molar-refractivity contribution in [2.45, 2.75) is 13.3 Å². The molecule has 0 saturated carbocycles. The summed E-state index contributed by atoms with van der Waals surface area (Å²) in [7, 11) is 0. The second-order valence-corrected chi connectivity index (χ2v) is 3.98. The largest absolute Gasteiger partial charge is 0.396 e. The van der Waals surface area contributed by atoms with E-state index in [2.05, 4.69) is 11.8 Å². The first-order valence-corrected chi connectivity index (χ1v) is 5.86. The van der Waals surface area contributed by atoms with Gasteiger partial charge in [-0.3, -0.25) is 0 Å². The molecule has 0 aromatic heterocycles. The van der Waals surface area contributed by atoms with Crippen LogP contribution < -0.4 is 10.6 Å². The Hall–Kier alpha value is -1.13. The van der Waals surface area contributed by atoms with Crippen molar-refractivity contribution in [2.24, 2.45) is 5.73 Å². The van der Waals surface area contributed by atoms with Gasteiger partial charge in [-0.1, -0.05) is 24.4 Å². The fraction of sp³-hybridized carbons (Fsp3) is 0.417. The summed E-state index contributed by atoms with van der Waals surface area (Å²) >= 11 is 5.03. The highest BCUT2D eigenvalue weighted by Crippen LogP contribution is 2.20. The van der Waals surface area contributed by atoms with Gasteiger partial charge >= 0.3 is 0 Å². The molecular weight excluding hydrogens is 220 g/mol. The van der Waals surface area contributed by atoms with Crippen LogP contribution in [0, 0.1) is 0 Å². The molecule has 1 rings (SSSR count). The molecule has 0 aliphatic heterocycles. The molecule has 0 aliphatic rings. The lowest BCUT2D eigenvalue weighted by molar-refractivity contribution is 0.289.